The molecule has 1 aromatic heterocycles. The molecule has 0 spiro atoms. The van der Waals surface area contributed by atoms with E-state index in [1.54, 1.807) is 5.56 Å². The summed E-state index contributed by atoms with van der Waals surface area (Å²) in [7, 11) is 0. The number of rotatable bonds is 5. The average Bonchev–Trinajstić information content (AvgIpc) is 2.78. The molecule has 1 aromatic rings. The Balaban J connectivity index is 2.27. The van der Waals surface area contributed by atoms with Crippen molar-refractivity contribution in [1.29, 1.82) is 5.41 Å². The average molecular weight is 250 g/mol. The monoisotopic (exact) mass is 250 g/mol. The van der Waals surface area contributed by atoms with Gasteiger partial charge in [-0.15, -0.1) is 11.8 Å². The zero-order valence-corrected chi connectivity index (χ0v) is 11.9. The number of hydrogen-bond acceptors (Lipinski definition) is 2. The molecule has 1 aliphatic heterocycles. The highest BCUT2D eigenvalue weighted by Gasteiger charge is 2.25. The molecule has 0 bridgehead atoms. The number of nitrogens with one attached hydrogen (secondary N) is 1. The third kappa shape index (κ3) is 2.30. The van der Waals surface area contributed by atoms with Gasteiger partial charge in [-0.25, -0.2) is 0 Å². The van der Waals surface area contributed by atoms with Gasteiger partial charge in [0.05, 0.1) is 11.6 Å². The number of aromatic nitrogens is 1. The van der Waals surface area contributed by atoms with Crippen molar-refractivity contribution >= 4 is 17.5 Å². The van der Waals surface area contributed by atoms with E-state index in [0.29, 0.717) is 0 Å². The second-order valence-electron chi connectivity index (χ2n) is 4.88. The Kier molecular flexibility index (Phi) is 3.97. The fraction of sp³-hybridized carbons (Fsp3) is 0.643. The summed E-state index contributed by atoms with van der Waals surface area (Å²) in [6.07, 6.45) is 8.14. The van der Waals surface area contributed by atoms with Crippen LogP contribution in [0.1, 0.15) is 43.0 Å². The molecule has 17 heavy (non-hydrogen) atoms. The molecule has 0 saturated carbocycles. The summed E-state index contributed by atoms with van der Waals surface area (Å²) in [5.41, 5.74) is 5.26. The fourth-order valence-corrected chi connectivity index (χ4v) is 3.64. The number of unbranched alkanes of at least 4 members (excludes halogenated alkanes) is 2. The first-order valence-corrected chi connectivity index (χ1v) is 7.72. The van der Waals surface area contributed by atoms with Crippen LogP contribution in [0.15, 0.2) is 5.03 Å². The van der Waals surface area contributed by atoms with Gasteiger partial charge in [-0.05, 0) is 37.1 Å². The predicted molar refractivity (Wildman–Crippen MR) is 75.6 cm³/mol. The van der Waals surface area contributed by atoms with Gasteiger partial charge in [0.15, 0.2) is 0 Å². The zero-order chi connectivity index (χ0) is 12.4. The molecule has 2 heterocycles. The van der Waals surface area contributed by atoms with Crippen LogP contribution in [0.5, 0.6) is 0 Å². The Bertz CT molecular complexity index is 432. The van der Waals surface area contributed by atoms with E-state index in [2.05, 4.69) is 24.7 Å². The first kappa shape index (κ1) is 12.7. The summed E-state index contributed by atoms with van der Waals surface area (Å²) in [5.74, 6) is 0. The van der Waals surface area contributed by atoms with Gasteiger partial charge in [0.1, 0.15) is 0 Å². The molecule has 1 aliphatic rings. The van der Waals surface area contributed by atoms with Gasteiger partial charge in [-0.2, -0.15) is 0 Å². The Morgan fingerprint density at radius 1 is 1.35 bits per heavy atom. The first-order valence-electron chi connectivity index (χ1n) is 6.50. The molecule has 2 nitrogen and oxygen atoms in total. The van der Waals surface area contributed by atoms with Crippen molar-refractivity contribution in [3.63, 3.8) is 0 Å². The predicted octanol–water partition coefficient (Wildman–Crippen LogP) is 3.83. The lowest BCUT2D eigenvalue weighted by Gasteiger charge is -2.07. The normalized spacial score (nSPS) is 14.4. The third-order valence-electron chi connectivity index (χ3n) is 3.67. The minimum atomic E-state index is 0.820. The Morgan fingerprint density at radius 2 is 2.12 bits per heavy atom. The molecule has 3 heteroatoms. The van der Waals surface area contributed by atoms with Crippen molar-refractivity contribution in [2.45, 2.75) is 57.5 Å². The van der Waals surface area contributed by atoms with Crippen LogP contribution < -0.4 is 0 Å². The van der Waals surface area contributed by atoms with Crippen LogP contribution in [-0.4, -0.2) is 16.5 Å². The van der Waals surface area contributed by atoms with Crippen LogP contribution in [0.3, 0.4) is 0 Å². The molecule has 0 radical (unpaired) electrons. The first-order chi connectivity index (χ1) is 8.19. The molecule has 0 aromatic carbocycles. The molecule has 0 unspecified atom stereocenters. The molecular weight excluding hydrogens is 228 g/mol. The fourth-order valence-electron chi connectivity index (χ4n) is 2.75. The molecule has 0 saturated heterocycles. The van der Waals surface area contributed by atoms with Crippen LogP contribution in [0, 0.1) is 12.3 Å². The van der Waals surface area contributed by atoms with Crippen LogP contribution in [0.25, 0.3) is 0 Å². The van der Waals surface area contributed by atoms with E-state index in [4.69, 9.17) is 5.41 Å². The highest BCUT2D eigenvalue weighted by Crippen LogP contribution is 2.34. The number of thioether (sulfide) groups is 1. The minimum absolute atomic E-state index is 0.820. The molecule has 2 rings (SSSR count). The van der Waals surface area contributed by atoms with Crippen LogP contribution >= 0.6 is 11.8 Å². The van der Waals surface area contributed by atoms with E-state index >= 15 is 0 Å². The maximum Gasteiger partial charge on any atom is 0.0786 e. The molecule has 0 aliphatic carbocycles. The van der Waals surface area contributed by atoms with Crippen molar-refractivity contribution in [2.75, 3.05) is 6.26 Å². The summed E-state index contributed by atoms with van der Waals surface area (Å²) >= 11 is 1.85. The Hall–Kier alpha value is -0.700. The van der Waals surface area contributed by atoms with E-state index in [9.17, 15) is 0 Å². The van der Waals surface area contributed by atoms with Crippen molar-refractivity contribution in [3.8, 4) is 0 Å². The van der Waals surface area contributed by atoms with Crippen molar-refractivity contribution in [2.24, 2.45) is 0 Å². The smallest absolute Gasteiger partial charge is 0.0786 e. The quantitative estimate of drug-likeness (QED) is 0.624. The second kappa shape index (κ2) is 5.30. The zero-order valence-electron chi connectivity index (χ0n) is 11.1. The maximum atomic E-state index is 7.83. The van der Waals surface area contributed by atoms with Gasteiger partial charge in [0.25, 0.3) is 0 Å². The molecule has 1 N–H and O–H groups in total. The topological polar surface area (TPSA) is 28.8 Å². The van der Waals surface area contributed by atoms with Crippen LogP contribution in [-0.2, 0) is 19.4 Å². The molecular formula is C14H22N2S. The standard InChI is InChI=1S/C14H22N2S/c1-4-5-6-7-12-10(2)13-8-11(15)9-16(13)14(12)17-3/h15H,4-9H2,1-3H3. The summed E-state index contributed by atoms with van der Waals surface area (Å²) in [4.78, 5) is 0. The summed E-state index contributed by atoms with van der Waals surface area (Å²) in [6, 6.07) is 0. The van der Waals surface area contributed by atoms with E-state index in [1.807, 2.05) is 11.8 Å². The van der Waals surface area contributed by atoms with Crippen molar-refractivity contribution in [1.82, 2.24) is 4.57 Å². The molecule has 0 atom stereocenters. The van der Waals surface area contributed by atoms with Gasteiger partial charge < -0.3 is 9.98 Å². The lowest BCUT2D eigenvalue weighted by molar-refractivity contribution is 0.698. The van der Waals surface area contributed by atoms with E-state index < -0.39 is 0 Å². The third-order valence-corrected chi connectivity index (χ3v) is 4.52. The Morgan fingerprint density at radius 3 is 2.76 bits per heavy atom. The molecule has 0 amide bonds. The van der Waals surface area contributed by atoms with Gasteiger partial charge >= 0.3 is 0 Å². The lowest BCUT2D eigenvalue weighted by Crippen LogP contribution is -2.01. The van der Waals surface area contributed by atoms with Gasteiger partial charge in [0, 0.05) is 17.8 Å². The van der Waals surface area contributed by atoms with Gasteiger partial charge in [-0.3, -0.25) is 0 Å². The largest absolute Gasteiger partial charge is 0.333 e. The number of nitrogens with zero attached hydrogens (tertiary/aromatic N) is 1. The SMILES string of the molecule is CCCCCc1c(C)c2n(c1SC)CC(=N)C2. The highest BCUT2D eigenvalue weighted by atomic mass is 32.2. The number of fused-ring (bicyclic) bond motifs is 1. The highest BCUT2D eigenvalue weighted by molar-refractivity contribution is 7.98. The van der Waals surface area contributed by atoms with Gasteiger partial charge in [0.2, 0.25) is 0 Å². The molecule has 0 fully saturated rings. The summed E-state index contributed by atoms with van der Waals surface area (Å²) in [5, 5.41) is 9.24. The number of hydrogen-bond donors (Lipinski definition) is 1. The summed E-state index contributed by atoms with van der Waals surface area (Å²) < 4.78 is 2.36. The van der Waals surface area contributed by atoms with Gasteiger partial charge in [-0.1, -0.05) is 19.8 Å². The Labute approximate surface area is 108 Å². The molecule has 94 valence electrons. The minimum Gasteiger partial charge on any atom is -0.333 e. The van der Waals surface area contributed by atoms with Crippen molar-refractivity contribution < 1.29 is 0 Å². The van der Waals surface area contributed by atoms with Crippen LogP contribution in [0.4, 0.5) is 0 Å². The summed E-state index contributed by atoms with van der Waals surface area (Å²) in [6.45, 7) is 5.31. The van der Waals surface area contributed by atoms with E-state index in [-0.39, 0.29) is 0 Å². The van der Waals surface area contributed by atoms with E-state index in [1.165, 1.54) is 42.0 Å². The second-order valence-corrected chi connectivity index (χ2v) is 5.68. The van der Waals surface area contributed by atoms with E-state index in [0.717, 1.165) is 18.7 Å². The maximum absolute atomic E-state index is 7.83. The lowest BCUT2D eigenvalue weighted by atomic mass is 10.0. The van der Waals surface area contributed by atoms with Crippen molar-refractivity contribution in [3.05, 3.63) is 16.8 Å². The van der Waals surface area contributed by atoms with Crippen LogP contribution in [0.2, 0.25) is 0 Å².